The van der Waals surface area contributed by atoms with Crippen molar-refractivity contribution in [2.24, 2.45) is 0 Å². The minimum atomic E-state index is -0.531. The number of carbonyl (C=O) groups excluding carboxylic acids is 2. The van der Waals surface area contributed by atoms with E-state index in [-0.39, 0.29) is 12.5 Å². The van der Waals surface area contributed by atoms with E-state index in [9.17, 15) is 9.59 Å². The summed E-state index contributed by atoms with van der Waals surface area (Å²) in [6, 6.07) is 18.9. The molecule has 0 saturated carbocycles. The summed E-state index contributed by atoms with van der Waals surface area (Å²) in [6.07, 6.45) is 0.844. The standard InChI is InChI=1S/C19H21NO3/c1-2-13-20-17(21)14-23-19(22)18(15-9-5-3-6-10-15)16-11-7-4-8-12-16/h3-12,18H,2,13-14H2,1H3,(H,20,21). The van der Waals surface area contributed by atoms with Gasteiger partial charge in [-0.15, -0.1) is 0 Å². The average Bonchev–Trinajstić information content (AvgIpc) is 2.60. The third-order valence-corrected chi connectivity index (χ3v) is 3.42. The van der Waals surface area contributed by atoms with Gasteiger partial charge in [-0.3, -0.25) is 9.59 Å². The number of esters is 1. The summed E-state index contributed by atoms with van der Waals surface area (Å²) >= 11 is 0. The van der Waals surface area contributed by atoms with Gasteiger partial charge in [0.25, 0.3) is 5.91 Å². The second kappa shape index (κ2) is 8.73. The lowest BCUT2D eigenvalue weighted by Crippen LogP contribution is -2.30. The summed E-state index contributed by atoms with van der Waals surface area (Å²) in [6.45, 7) is 2.29. The number of hydrogen-bond donors (Lipinski definition) is 1. The zero-order valence-corrected chi connectivity index (χ0v) is 13.2. The smallest absolute Gasteiger partial charge is 0.318 e. The monoisotopic (exact) mass is 311 g/mol. The summed E-state index contributed by atoms with van der Waals surface area (Å²) in [7, 11) is 0. The highest BCUT2D eigenvalue weighted by Gasteiger charge is 2.24. The number of amides is 1. The van der Waals surface area contributed by atoms with Gasteiger partial charge in [0.2, 0.25) is 0 Å². The van der Waals surface area contributed by atoms with Gasteiger partial charge in [0.1, 0.15) is 5.92 Å². The van der Waals surface area contributed by atoms with Crippen molar-refractivity contribution in [2.75, 3.05) is 13.2 Å². The topological polar surface area (TPSA) is 55.4 Å². The first-order chi connectivity index (χ1) is 11.2. The molecule has 0 spiro atoms. The van der Waals surface area contributed by atoms with Crippen LogP contribution in [0.1, 0.15) is 30.4 Å². The Bertz CT molecular complexity index is 586. The van der Waals surface area contributed by atoms with Crippen LogP contribution in [0.5, 0.6) is 0 Å². The van der Waals surface area contributed by atoms with E-state index < -0.39 is 11.9 Å². The molecule has 0 bridgehead atoms. The molecule has 1 amide bonds. The van der Waals surface area contributed by atoms with E-state index in [4.69, 9.17) is 4.74 Å². The molecule has 0 heterocycles. The maximum absolute atomic E-state index is 12.5. The molecule has 2 rings (SSSR count). The van der Waals surface area contributed by atoms with Gasteiger partial charge in [-0.2, -0.15) is 0 Å². The first-order valence-corrected chi connectivity index (χ1v) is 7.75. The van der Waals surface area contributed by atoms with Crippen LogP contribution in [-0.4, -0.2) is 25.0 Å². The molecule has 1 N–H and O–H groups in total. The van der Waals surface area contributed by atoms with E-state index in [0.717, 1.165) is 17.5 Å². The fourth-order valence-electron chi connectivity index (χ4n) is 2.29. The number of nitrogens with one attached hydrogen (secondary N) is 1. The highest BCUT2D eigenvalue weighted by atomic mass is 16.5. The van der Waals surface area contributed by atoms with Crippen LogP contribution < -0.4 is 5.32 Å². The zero-order chi connectivity index (χ0) is 16.5. The molecule has 0 aliphatic heterocycles. The molecule has 0 aliphatic rings. The Balaban J connectivity index is 2.12. The second-order valence-electron chi connectivity index (χ2n) is 5.21. The van der Waals surface area contributed by atoms with Crippen molar-refractivity contribution >= 4 is 11.9 Å². The lowest BCUT2D eigenvalue weighted by molar-refractivity contribution is -0.149. The molecule has 120 valence electrons. The van der Waals surface area contributed by atoms with Gasteiger partial charge in [-0.1, -0.05) is 67.6 Å². The summed E-state index contributed by atoms with van der Waals surface area (Å²) < 4.78 is 5.22. The minimum absolute atomic E-state index is 0.255. The first-order valence-electron chi connectivity index (χ1n) is 7.75. The molecule has 0 fully saturated rings. The first kappa shape index (κ1) is 16.7. The molecule has 0 atom stereocenters. The molecular weight excluding hydrogens is 290 g/mol. The molecule has 2 aromatic carbocycles. The minimum Gasteiger partial charge on any atom is -0.455 e. The fraction of sp³-hybridized carbons (Fsp3) is 0.263. The van der Waals surface area contributed by atoms with Crippen LogP contribution in [0.2, 0.25) is 0 Å². The molecule has 0 saturated heterocycles. The third kappa shape index (κ3) is 4.95. The van der Waals surface area contributed by atoms with Crippen LogP contribution in [0.3, 0.4) is 0 Å². The van der Waals surface area contributed by atoms with E-state index in [1.165, 1.54) is 0 Å². The van der Waals surface area contributed by atoms with Gasteiger partial charge in [0.15, 0.2) is 6.61 Å². The SMILES string of the molecule is CCCNC(=O)COC(=O)C(c1ccccc1)c1ccccc1. The summed E-state index contributed by atoms with van der Waals surface area (Å²) in [5.74, 6) is -1.23. The molecule has 0 unspecified atom stereocenters. The van der Waals surface area contributed by atoms with Gasteiger partial charge in [0.05, 0.1) is 0 Å². The average molecular weight is 311 g/mol. The number of carbonyl (C=O) groups is 2. The Labute approximate surface area is 136 Å². The van der Waals surface area contributed by atoms with Crippen LogP contribution in [-0.2, 0) is 14.3 Å². The van der Waals surface area contributed by atoms with Crippen molar-refractivity contribution in [1.82, 2.24) is 5.32 Å². The molecular formula is C19H21NO3. The van der Waals surface area contributed by atoms with Crippen molar-refractivity contribution in [3.8, 4) is 0 Å². The lowest BCUT2D eigenvalue weighted by Gasteiger charge is -2.17. The van der Waals surface area contributed by atoms with Crippen molar-refractivity contribution in [2.45, 2.75) is 19.3 Å². The number of rotatable bonds is 7. The molecule has 4 heteroatoms. The molecule has 4 nitrogen and oxygen atoms in total. The number of hydrogen-bond acceptors (Lipinski definition) is 3. The lowest BCUT2D eigenvalue weighted by atomic mass is 9.91. The Morgan fingerprint density at radius 3 is 1.96 bits per heavy atom. The maximum atomic E-state index is 12.5. The predicted octanol–water partition coefficient (Wildman–Crippen LogP) is 2.89. The van der Waals surface area contributed by atoms with Gasteiger partial charge in [0, 0.05) is 6.54 Å². The predicted molar refractivity (Wildman–Crippen MR) is 89.0 cm³/mol. The van der Waals surface area contributed by atoms with Crippen molar-refractivity contribution < 1.29 is 14.3 Å². The quantitative estimate of drug-likeness (QED) is 0.800. The van der Waals surface area contributed by atoms with Crippen molar-refractivity contribution in [1.29, 1.82) is 0 Å². The van der Waals surface area contributed by atoms with Crippen LogP contribution in [0.4, 0.5) is 0 Å². The summed E-state index contributed by atoms with van der Waals surface area (Å²) in [4.78, 5) is 24.1. The second-order valence-corrected chi connectivity index (χ2v) is 5.21. The highest BCUT2D eigenvalue weighted by Crippen LogP contribution is 2.25. The van der Waals surface area contributed by atoms with Crippen LogP contribution in [0.15, 0.2) is 60.7 Å². The number of ether oxygens (including phenoxy) is 1. The van der Waals surface area contributed by atoms with Crippen molar-refractivity contribution in [3.63, 3.8) is 0 Å². The van der Waals surface area contributed by atoms with Crippen molar-refractivity contribution in [3.05, 3.63) is 71.8 Å². The van der Waals surface area contributed by atoms with E-state index in [1.807, 2.05) is 67.6 Å². The van der Waals surface area contributed by atoms with Crippen LogP contribution in [0.25, 0.3) is 0 Å². The number of benzene rings is 2. The maximum Gasteiger partial charge on any atom is 0.318 e. The Kier molecular flexibility index (Phi) is 6.36. The third-order valence-electron chi connectivity index (χ3n) is 3.42. The normalized spacial score (nSPS) is 10.3. The summed E-state index contributed by atoms with van der Waals surface area (Å²) in [5, 5.41) is 2.69. The molecule has 0 aromatic heterocycles. The van der Waals surface area contributed by atoms with E-state index in [2.05, 4.69) is 5.32 Å². The van der Waals surface area contributed by atoms with Gasteiger partial charge in [-0.05, 0) is 17.5 Å². The molecule has 0 aliphatic carbocycles. The zero-order valence-electron chi connectivity index (χ0n) is 13.2. The Morgan fingerprint density at radius 1 is 0.957 bits per heavy atom. The van der Waals surface area contributed by atoms with E-state index in [0.29, 0.717) is 6.54 Å². The van der Waals surface area contributed by atoms with Crippen LogP contribution in [0, 0.1) is 0 Å². The highest BCUT2D eigenvalue weighted by molar-refractivity contribution is 5.85. The van der Waals surface area contributed by atoms with Gasteiger partial charge >= 0.3 is 5.97 Å². The van der Waals surface area contributed by atoms with Gasteiger partial charge in [-0.25, -0.2) is 0 Å². The van der Waals surface area contributed by atoms with Gasteiger partial charge < -0.3 is 10.1 Å². The fourth-order valence-corrected chi connectivity index (χ4v) is 2.29. The Hall–Kier alpha value is -2.62. The molecule has 2 aromatic rings. The van der Waals surface area contributed by atoms with Crippen LogP contribution >= 0.6 is 0 Å². The largest absolute Gasteiger partial charge is 0.455 e. The molecule has 23 heavy (non-hydrogen) atoms. The van der Waals surface area contributed by atoms with E-state index in [1.54, 1.807) is 0 Å². The van der Waals surface area contributed by atoms with E-state index >= 15 is 0 Å². The Morgan fingerprint density at radius 2 is 1.48 bits per heavy atom. The summed E-state index contributed by atoms with van der Waals surface area (Å²) in [5.41, 5.74) is 1.69. The molecule has 0 radical (unpaired) electrons.